The number of carbonyl (C=O) groups excluding carboxylic acids is 3. The molecule has 0 fully saturated rings. The predicted molar refractivity (Wildman–Crippen MR) is 184 cm³/mol. The van der Waals surface area contributed by atoms with E-state index in [0.29, 0.717) is 11.5 Å². The van der Waals surface area contributed by atoms with E-state index in [2.05, 4.69) is 14.7 Å². The number of carbonyl (C=O) groups is 3. The van der Waals surface area contributed by atoms with E-state index in [4.69, 9.17) is 16.2 Å². The maximum atomic E-state index is 13.7. The molecule has 0 saturated carbocycles. The fourth-order valence-corrected chi connectivity index (χ4v) is 5.49. The summed E-state index contributed by atoms with van der Waals surface area (Å²) in [6.45, 7) is -0.603. The van der Waals surface area contributed by atoms with Crippen LogP contribution < -0.4 is 26.6 Å². The summed E-state index contributed by atoms with van der Waals surface area (Å²) < 4.78 is 32.5. The standard InChI is InChI=1S/C34H31N7O6S/c1-40(2)26-14-8-22(9-15-26)20-29-32(43)41(31(38-29)23-6-4-3-5-7-23)27-16-10-24(11-17-27)33(44)47-21-30(42)37-25-12-18-28(19-13-25)48(45,46)39-34(35)36/h3-20H,21H2,1-2H3,(H,37,42)(H4,35,36,39)/b29-20-. The molecule has 0 saturated heterocycles. The van der Waals surface area contributed by atoms with Gasteiger partial charge in [-0.05, 0) is 72.3 Å². The SMILES string of the molecule is CN(C)c1ccc(/C=C2\N=C(c3ccccc3)N(c3ccc(C(=O)OCC(=O)Nc4ccc(S(=O)(=O)N=C(N)N)cc4)cc3)C2=O)cc1. The van der Waals surface area contributed by atoms with E-state index in [9.17, 15) is 22.8 Å². The lowest BCUT2D eigenvalue weighted by atomic mass is 10.1. The number of hydrogen-bond acceptors (Lipinski definition) is 8. The molecule has 5 rings (SSSR count). The summed E-state index contributed by atoms with van der Waals surface area (Å²) in [5.41, 5.74) is 14.0. The number of esters is 1. The van der Waals surface area contributed by atoms with Crippen LogP contribution in [0.3, 0.4) is 0 Å². The zero-order valence-electron chi connectivity index (χ0n) is 25.9. The fourth-order valence-electron chi connectivity index (χ4n) is 4.62. The van der Waals surface area contributed by atoms with Gasteiger partial charge in [-0.3, -0.25) is 14.5 Å². The molecule has 0 radical (unpaired) electrons. The zero-order valence-corrected chi connectivity index (χ0v) is 26.7. The van der Waals surface area contributed by atoms with Crippen molar-refractivity contribution in [3.8, 4) is 0 Å². The Morgan fingerprint density at radius 3 is 2.17 bits per heavy atom. The lowest BCUT2D eigenvalue weighted by molar-refractivity contribution is -0.119. The number of guanidine groups is 1. The summed E-state index contributed by atoms with van der Waals surface area (Å²) in [6, 6.07) is 28.3. The molecular formula is C34H31N7O6S. The number of nitrogens with one attached hydrogen (secondary N) is 1. The zero-order chi connectivity index (χ0) is 34.4. The molecule has 4 aromatic rings. The number of rotatable bonds is 10. The van der Waals surface area contributed by atoms with Gasteiger partial charge in [0, 0.05) is 31.0 Å². The Balaban J connectivity index is 1.26. The largest absolute Gasteiger partial charge is 0.452 e. The third-order valence-electron chi connectivity index (χ3n) is 6.96. The van der Waals surface area contributed by atoms with Crippen molar-refractivity contribution in [1.82, 2.24) is 0 Å². The molecule has 0 aromatic heterocycles. The van der Waals surface area contributed by atoms with Gasteiger partial charge in [0.15, 0.2) is 6.61 Å². The lowest BCUT2D eigenvalue weighted by Gasteiger charge is -2.19. The van der Waals surface area contributed by atoms with Gasteiger partial charge in [-0.1, -0.05) is 42.5 Å². The van der Waals surface area contributed by atoms with Gasteiger partial charge >= 0.3 is 5.97 Å². The van der Waals surface area contributed by atoms with E-state index >= 15 is 0 Å². The number of nitrogens with zero attached hydrogens (tertiary/aromatic N) is 4. The average molecular weight is 666 g/mol. The molecule has 2 amide bonds. The number of hydrogen-bond donors (Lipinski definition) is 3. The van der Waals surface area contributed by atoms with Gasteiger partial charge in [0.1, 0.15) is 11.5 Å². The Bertz CT molecular complexity index is 2040. The molecule has 4 aromatic carbocycles. The van der Waals surface area contributed by atoms with Crippen LogP contribution in [0.4, 0.5) is 17.1 Å². The van der Waals surface area contributed by atoms with Crippen molar-refractivity contribution in [1.29, 1.82) is 0 Å². The highest BCUT2D eigenvalue weighted by molar-refractivity contribution is 7.90. The lowest BCUT2D eigenvalue weighted by Crippen LogP contribution is -2.32. The Hall–Kier alpha value is -6.28. The van der Waals surface area contributed by atoms with Crippen molar-refractivity contribution in [3.05, 3.63) is 126 Å². The highest BCUT2D eigenvalue weighted by Crippen LogP contribution is 2.29. The van der Waals surface area contributed by atoms with Crippen LogP contribution in [-0.2, 0) is 24.3 Å². The molecule has 48 heavy (non-hydrogen) atoms. The van der Waals surface area contributed by atoms with E-state index in [0.717, 1.165) is 16.8 Å². The van der Waals surface area contributed by atoms with Gasteiger partial charge in [0.25, 0.3) is 21.8 Å². The van der Waals surface area contributed by atoms with Gasteiger partial charge < -0.3 is 26.4 Å². The molecule has 13 nitrogen and oxygen atoms in total. The summed E-state index contributed by atoms with van der Waals surface area (Å²) in [7, 11) is -0.186. The van der Waals surface area contributed by atoms with Crippen molar-refractivity contribution in [3.63, 3.8) is 0 Å². The number of ether oxygens (including phenoxy) is 1. The van der Waals surface area contributed by atoms with Crippen LogP contribution in [0.15, 0.2) is 123 Å². The van der Waals surface area contributed by atoms with Crippen molar-refractivity contribution < 1.29 is 27.5 Å². The van der Waals surface area contributed by atoms with Crippen LogP contribution in [0.2, 0.25) is 0 Å². The second-order valence-corrected chi connectivity index (χ2v) is 12.2. The van der Waals surface area contributed by atoms with Crippen molar-refractivity contribution in [2.24, 2.45) is 20.9 Å². The molecule has 244 valence electrons. The number of amidine groups is 1. The third kappa shape index (κ3) is 7.74. The van der Waals surface area contributed by atoms with Crippen LogP contribution in [-0.4, -0.2) is 58.7 Å². The highest BCUT2D eigenvalue weighted by Gasteiger charge is 2.32. The first kappa shape index (κ1) is 33.1. The van der Waals surface area contributed by atoms with Crippen molar-refractivity contribution in [2.45, 2.75) is 4.90 Å². The van der Waals surface area contributed by atoms with E-state index in [-0.39, 0.29) is 27.8 Å². The minimum atomic E-state index is -4.08. The number of nitrogens with two attached hydrogens (primary N) is 2. The molecule has 0 unspecified atom stereocenters. The maximum Gasteiger partial charge on any atom is 0.338 e. The van der Waals surface area contributed by atoms with Crippen LogP contribution in [0, 0.1) is 0 Å². The first-order chi connectivity index (χ1) is 22.9. The summed E-state index contributed by atoms with van der Waals surface area (Å²) in [5.74, 6) is -1.92. The topological polar surface area (TPSA) is 190 Å². The minimum Gasteiger partial charge on any atom is -0.452 e. The van der Waals surface area contributed by atoms with Crippen LogP contribution in [0.25, 0.3) is 6.08 Å². The van der Waals surface area contributed by atoms with Crippen LogP contribution in [0.5, 0.6) is 0 Å². The molecule has 5 N–H and O–H groups in total. The number of aliphatic imine (C=N–C) groups is 1. The summed E-state index contributed by atoms with van der Waals surface area (Å²) in [5, 5.41) is 2.51. The normalized spacial score (nSPS) is 13.5. The fraction of sp³-hybridized carbons (Fsp3) is 0.0882. The molecule has 1 aliphatic heterocycles. The van der Waals surface area contributed by atoms with E-state index in [1.165, 1.54) is 41.3 Å². The van der Waals surface area contributed by atoms with E-state index < -0.39 is 34.5 Å². The predicted octanol–water partition coefficient (Wildman–Crippen LogP) is 3.34. The second kappa shape index (κ2) is 14.0. The van der Waals surface area contributed by atoms with Crippen LogP contribution >= 0.6 is 0 Å². The Morgan fingerprint density at radius 2 is 1.56 bits per heavy atom. The summed E-state index contributed by atoms with van der Waals surface area (Å²) in [6.07, 6.45) is 1.73. The molecule has 14 heteroatoms. The Kier molecular flexibility index (Phi) is 9.66. The molecular weight excluding hydrogens is 634 g/mol. The molecule has 1 aliphatic rings. The molecule has 0 aliphatic carbocycles. The Labute approximate surface area is 276 Å². The number of benzene rings is 4. The van der Waals surface area contributed by atoms with Gasteiger partial charge in [-0.25, -0.2) is 9.79 Å². The number of sulfonamides is 1. The molecule has 0 spiro atoms. The number of anilines is 3. The van der Waals surface area contributed by atoms with Crippen molar-refractivity contribution in [2.75, 3.05) is 35.8 Å². The van der Waals surface area contributed by atoms with Gasteiger partial charge in [-0.15, -0.1) is 4.40 Å². The van der Waals surface area contributed by atoms with Crippen LogP contribution in [0.1, 0.15) is 21.5 Å². The average Bonchev–Trinajstić information content (AvgIpc) is 3.39. The molecule has 0 bridgehead atoms. The maximum absolute atomic E-state index is 13.7. The molecule has 1 heterocycles. The van der Waals surface area contributed by atoms with Gasteiger partial charge in [0.05, 0.1) is 16.1 Å². The summed E-state index contributed by atoms with van der Waals surface area (Å²) in [4.78, 5) is 46.8. The Morgan fingerprint density at radius 1 is 0.917 bits per heavy atom. The summed E-state index contributed by atoms with van der Waals surface area (Å²) >= 11 is 0. The first-order valence-electron chi connectivity index (χ1n) is 14.4. The van der Waals surface area contributed by atoms with E-state index in [1.54, 1.807) is 18.2 Å². The smallest absolute Gasteiger partial charge is 0.338 e. The second-order valence-electron chi connectivity index (χ2n) is 10.6. The third-order valence-corrected chi connectivity index (χ3v) is 8.28. The number of amides is 2. The first-order valence-corrected chi connectivity index (χ1v) is 15.9. The highest BCUT2D eigenvalue weighted by atomic mass is 32.2. The molecule has 0 atom stereocenters. The van der Waals surface area contributed by atoms with Crippen molar-refractivity contribution >= 4 is 62.7 Å². The van der Waals surface area contributed by atoms with Gasteiger partial charge in [0.2, 0.25) is 5.96 Å². The van der Waals surface area contributed by atoms with E-state index in [1.807, 2.05) is 73.6 Å². The minimum absolute atomic E-state index is 0.155. The van der Waals surface area contributed by atoms with Gasteiger partial charge in [-0.2, -0.15) is 8.42 Å². The quantitative estimate of drug-likeness (QED) is 0.0987. The monoisotopic (exact) mass is 665 g/mol.